The Kier molecular flexibility index (Phi) is 4.66. The number of carbonyl (C=O) groups is 2. The summed E-state index contributed by atoms with van der Waals surface area (Å²) < 4.78 is 0. The molecule has 0 radical (unpaired) electrons. The summed E-state index contributed by atoms with van der Waals surface area (Å²) >= 11 is 0. The van der Waals surface area contributed by atoms with Crippen LogP contribution in [0.15, 0.2) is 18.2 Å². The number of hydrogen-bond donors (Lipinski definition) is 1. The van der Waals surface area contributed by atoms with Crippen molar-refractivity contribution >= 4 is 23.2 Å². The van der Waals surface area contributed by atoms with Crippen molar-refractivity contribution in [2.75, 3.05) is 16.8 Å². The molecule has 0 aromatic heterocycles. The van der Waals surface area contributed by atoms with Gasteiger partial charge in [0, 0.05) is 29.8 Å². The molecule has 1 aromatic rings. The minimum atomic E-state index is -0.0416. The van der Waals surface area contributed by atoms with Gasteiger partial charge >= 0.3 is 0 Å². The molecule has 0 atom stereocenters. The second kappa shape index (κ2) is 6.29. The smallest absolute Gasteiger partial charge is 0.229 e. The zero-order chi connectivity index (χ0) is 15.6. The first-order chi connectivity index (χ1) is 9.90. The highest BCUT2D eigenvalue weighted by Gasteiger charge is 2.24. The van der Waals surface area contributed by atoms with E-state index in [1.54, 1.807) is 0 Å². The standard InChI is InChI=1S/C17H24N2O2/c1-11(2)16(20)18-14-7-8-15-13(10-14)6-5-9-19(15)17(21)12(3)4/h7-8,10-12H,5-6,9H2,1-4H3,(H,18,20). The Morgan fingerprint density at radius 2 is 1.86 bits per heavy atom. The Morgan fingerprint density at radius 1 is 1.14 bits per heavy atom. The van der Waals surface area contributed by atoms with Crippen molar-refractivity contribution in [2.24, 2.45) is 11.8 Å². The largest absolute Gasteiger partial charge is 0.326 e. The van der Waals surface area contributed by atoms with Gasteiger partial charge in [0.2, 0.25) is 11.8 Å². The van der Waals surface area contributed by atoms with E-state index in [-0.39, 0.29) is 23.7 Å². The van der Waals surface area contributed by atoms with E-state index in [2.05, 4.69) is 5.32 Å². The molecule has 21 heavy (non-hydrogen) atoms. The Bertz CT molecular complexity index is 550. The molecule has 0 saturated carbocycles. The van der Waals surface area contributed by atoms with E-state index in [1.807, 2.05) is 50.8 Å². The molecule has 0 spiro atoms. The van der Waals surface area contributed by atoms with E-state index >= 15 is 0 Å². The summed E-state index contributed by atoms with van der Waals surface area (Å²) in [5, 5.41) is 2.92. The van der Waals surface area contributed by atoms with Crippen LogP contribution in [0.5, 0.6) is 0 Å². The highest BCUT2D eigenvalue weighted by atomic mass is 16.2. The SMILES string of the molecule is CC(C)C(=O)Nc1ccc2c(c1)CCCN2C(=O)C(C)C. The van der Waals surface area contributed by atoms with E-state index in [0.717, 1.165) is 36.3 Å². The molecule has 1 aromatic carbocycles. The van der Waals surface area contributed by atoms with Gasteiger partial charge in [-0.15, -0.1) is 0 Å². The zero-order valence-electron chi connectivity index (χ0n) is 13.3. The summed E-state index contributed by atoms with van der Waals surface area (Å²) in [5.74, 6) is 0.132. The maximum Gasteiger partial charge on any atom is 0.229 e. The van der Waals surface area contributed by atoms with Crippen molar-refractivity contribution in [3.05, 3.63) is 23.8 Å². The van der Waals surface area contributed by atoms with Crippen molar-refractivity contribution in [3.63, 3.8) is 0 Å². The fourth-order valence-electron chi connectivity index (χ4n) is 2.50. The summed E-state index contributed by atoms with van der Waals surface area (Å²) in [4.78, 5) is 25.9. The Balaban J connectivity index is 2.24. The third-order valence-electron chi connectivity index (χ3n) is 3.75. The molecule has 2 amide bonds. The highest BCUT2D eigenvalue weighted by Crippen LogP contribution is 2.30. The molecular formula is C17H24N2O2. The van der Waals surface area contributed by atoms with Crippen LogP contribution in [0.2, 0.25) is 0 Å². The van der Waals surface area contributed by atoms with E-state index in [9.17, 15) is 9.59 Å². The van der Waals surface area contributed by atoms with Crippen LogP contribution in [0.4, 0.5) is 11.4 Å². The zero-order valence-corrected chi connectivity index (χ0v) is 13.3. The van der Waals surface area contributed by atoms with Gasteiger partial charge in [-0.25, -0.2) is 0 Å². The summed E-state index contributed by atoms with van der Waals surface area (Å²) in [7, 11) is 0. The molecule has 4 heteroatoms. The van der Waals surface area contributed by atoms with Crippen molar-refractivity contribution in [3.8, 4) is 0 Å². The third-order valence-corrected chi connectivity index (χ3v) is 3.75. The van der Waals surface area contributed by atoms with Crippen LogP contribution in [0, 0.1) is 11.8 Å². The van der Waals surface area contributed by atoms with Gasteiger partial charge in [-0.3, -0.25) is 9.59 Å². The molecule has 114 valence electrons. The average Bonchev–Trinajstić information content (AvgIpc) is 2.45. The van der Waals surface area contributed by atoms with E-state index < -0.39 is 0 Å². The number of benzene rings is 1. The molecule has 1 aliphatic heterocycles. The molecule has 0 aliphatic carbocycles. The number of hydrogen-bond acceptors (Lipinski definition) is 2. The second-order valence-electron chi connectivity index (χ2n) is 6.24. The van der Waals surface area contributed by atoms with Crippen LogP contribution >= 0.6 is 0 Å². The van der Waals surface area contributed by atoms with Crippen molar-refractivity contribution < 1.29 is 9.59 Å². The number of nitrogens with zero attached hydrogens (tertiary/aromatic N) is 1. The lowest BCUT2D eigenvalue weighted by Gasteiger charge is -2.31. The van der Waals surface area contributed by atoms with Crippen LogP contribution in [-0.2, 0) is 16.0 Å². The fourth-order valence-corrected chi connectivity index (χ4v) is 2.50. The van der Waals surface area contributed by atoms with E-state index in [1.165, 1.54) is 0 Å². The minimum Gasteiger partial charge on any atom is -0.326 e. The summed E-state index contributed by atoms with van der Waals surface area (Å²) in [6.07, 6.45) is 1.91. The number of carbonyl (C=O) groups excluding carboxylic acids is 2. The van der Waals surface area contributed by atoms with Crippen LogP contribution in [0.25, 0.3) is 0 Å². The Labute approximate surface area is 126 Å². The molecule has 0 saturated heterocycles. The summed E-state index contributed by atoms with van der Waals surface area (Å²) in [6, 6.07) is 5.82. The molecular weight excluding hydrogens is 264 g/mol. The fraction of sp³-hybridized carbons (Fsp3) is 0.529. The Hall–Kier alpha value is -1.84. The number of rotatable bonds is 3. The number of aryl methyl sites for hydroxylation is 1. The van der Waals surface area contributed by atoms with Crippen molar-refractivity contribution in [1.82, 2.24) is 0 Å². The first-order valence-electron chi connectivity index (χ1n) is 7.65. The molecule has 4 nitrogen and oxygen atoms in total. The van der Waals surface area contributed by atoms with Gasteiger partial charge in [0.25, 0.3) is 0 Å². The van der Waals surface area contributed by atoms with Gasteiger partial charge < -0.3 is 10.2 Å². The normalized spacial score (nSPS) is 14.3. The van der Waals surface area contributed by atoms with Crippen LogP contribution in [-0.4, -0.2) is 18.4 Å². The van der Waals surface area contributed by atoms with E-state index in [4.69, 9.17) is 0 Å². The maximum atomic E-state index is 12.3. The van der Waals surface area contributed by atoms with Gasteiger partial charge in [-0.1, -0.05) is 27.7 Å². The van der Waals surface area contributed by atoms with Gasteiger partial charge in [0.05, 0.1) is 0 Å². The van der Waals surface area contributed by atoms with E-state index in [0.29, 0.717) is 0 Å². The molecule has 2 rings (SSSR count). The maximum absolute atomic E-state index is 12.3. The molecule has 0 unspecified atom stereocenters. The molecule has 0 fully saturated rings. The average molecular weight is 288 g/mol. The molecule has 0 bridgehead atoms. The predicted octanol–water partition coefficient (Wildman–Crippen LogP) is 3.22. The summed E-state index contributed by atoms with van der Waals surface area (Å²) in [6.45, 7) is 8.37. The number of fused-ring (bicyclic) bond motifs is 1. The lowest BCUT2D eigenvalue weighted by Crippen LogP contribution is -2.38. The van der Waals surface area contributed by atoms with Gasteiger partial charge in [-0.05, 0) is 36.6 Å². The molecule has 1 aliphatic rings. The lowest BCUT2D eigenvalue weighted by atomic mass is 9.99. The molecule has 1 N–H and O–H groups in total. The summed E-state index contributed by atoms with van der Waals surface area (Å²) in [5.41, 5.74) is 2.94. The Morgan fingerprint density at radius 3 is 2.48 bits per heavy atom. The predicted molar refractivity (Wildman–Crippen MR) is 85.4 cm³/mol. The van der Waals surface area contributed by atoms with Gasteiger partial charge in [0.1, 0.15) is 0 Å². The lowest BCUT2D eigenvalue weighted by molar-refractivity contribution is -0.121. The van der Waals surface area contributed by atoms with Crippen LogP contribution in [0.3, 0.4) is 0 Å². The topological polar surface area (TPSA) is 49.4 Å². The second-order valence-corrected chi connectivity index (χ2v) is 6.24. The van der Waals surface area contributed by atoms with Crippen LogP contribution in [0.1, 0.15) is 39.7 Å². The van der Waals surface area contributed by atoms with Crippen molar-refractivity contribution in [2.45, 2.75) is 40.5 Å². The molecule has 1 heterocycles. The van der Waals surface area contributed by atoms with Gasteiger partial charge in [-0.2, -0.15) is 0 Å². The van der Waals surface area contributed by atoms with Crippen molar-refractivity contribution in [1.29, 1.82) is 0 Å². The first kappa shape index (κ1) is 15.5. The highest BCUT2D eigenvalue weighted by molar-refractivity contribution is 5.97. The third kappa shape index (κ3) is 3.43. The van der Waals surface area contributed by atoms with Gasteiger partial charge in [0.15, 0.2) is 0 Å². The number of nitrogens with one attached hydrogen (secondary N) is 1. The monoisotopic (exact) mass is 288 g/mol. The quantitative estimate of drug-likeness (QED) is 0.928. The first-order valence-corrected chi connectivity index (χ1v) is 7.65. The van der Waals surface area contributed by atoms with Crippen LogP contribution < -0.4 is 10.2 Å². The minimum absolute atomic E-state index is 0.00345. The number of amides is 2. The number of anilines is 2.